The van der Waals surface area contributed by atoms with Gasteiger partial charge in [0.15, 0.2) is 0 Å². The fourth-order valence-electron chi connectivity index (χ4n) is 3.26. The predicted molar refractivity (Wildman–Crippen MR) is 65.2 cm³/mol. The van der Waals surface area contributed by atoms with Gasteiger partial charge in [0.05, 0.1) is 0 Å². The molecular formula is C13H24N2O. The summed E-state index contributed by atoms with van der Waals surface area (Å²) in [5, 5.41) is 3.08. The Labute approximate surface area is 98.6 Å². The Morgan fingerprint density at radius 2 is 1.94 bits per heavy atom. The van der Waals surface area contributed by atoms with Gasteiger partial charge in [0.25, 0.3) is 0 Å². The standard InChI is InChI=1S/C13H24N2O/c1-3-4-13(16)14-9-10-7-11-5-6-12(8-10)15(11)2/h10-12H,3-9H2,1-2H3,(H,14,16). The van der Waals surface area contributed by atoms with Crippen LogP contribution < -0.4 is 5.32 Å². The molecular weight excluding hydrogens is 200 g/mol. The van der Waals surface area contributed by atoms with Crippen molar-refractivity contribution < 1.29 is 4.79 Å². The lowest BCUT2D eigenvalue weighted by Crippen LogP contribution is -2.43. The summed E-state index contributed by atoms with van der Waals surface area (Å²) in [6, 6.07) is 1.57. The summed E-state index contributed by atoms with van der Waals surface area (Å²) in [7, 11) is 2.26. The van der Waals surface area contributed by atoms with Crippen LogP contribution in [-0.4, -0.2) is 36.5 Å². The first-order valence-electron chi connectivity index (χ1n) is 6.69. The Morgan fingerprint density at radius 1 is 1.31 bits per heavy atom. The average Bonchev–Trinajstić information content (AvgIpc) is 2.52. The van der Waals surface area contributed by atoms with Crippen molar-refractivity contribution in [3.8, 4) is 0 Å². The zero-order valence-electron chi connectivity index (χ0n) is 10.5. The Bertz CT molecular complexity index is 240. The molecule has 0 spiro atoms. The number of rotatable bonds is 4. The minimum Gasteiger partial charge on any atom is -0.356 e. The van der Waals surface area contributed by atoms with Crippen molar-refractivity contribution in [3.63, 3.8) is 0 Å². The Morgan fingerprint density at radius 3 is 2.50 bits per heavy atom. The van der Waals surface area contributed by atoms with Crippen molar-refractivity contribution in [2.45, 2.75) is 57.5 Å². The van der Waals surface area contributed by atoms with Crippen molar-refractivity contribution in [1.82, 2.24) is 10.2 Å². The van der Waals surface area contributed by atoms with Gasteiger partial charge in [0, 0.05) is 25.0 Å². The third-order valence-corrected chi connectivity index (χ3v) is 4.26. The van der Waals surface area contributed by atoms with Gasteiger partial charge in [-0.2, -0.15) is 0 Å². The summed E-state index contributed by atoms with van der Waals surface area (Å²) in [6.07, 6.45) is 6.91. The predicted octanol–water partition coefficient (Wildman–Crippen LogP) is 1.78. The highest BCUT2D eigenvalue weighted by Crippen LogP contribution is 2.36. The minimum absolute atomic E-state index is 0.230. The minimum atomic E-state index is 0.230. The second-order valence-electron chi connectivity index (χ2n) is 5.44. The molecule has 2 aliphatic heterocycles. The molecule has 2 fully saturated rings. The second-order valence-corrected chi connectivity index (χ2v) is 5.44. The molecule has 1 N–H and O–H groups in total. The largest absolute Gasteiger partial charge is 0.356 e. The number of nitrogens with zero attached hydrogens (tertiary/aromatic N) is 1. The molecule has 2 aliphatic rings. The number of nitrogens with one attached hydrogen (secondary N) is 1. The normalized spacial score (nSPS) is 34.0. The lowest BCUT2D eigenvalue weighted by Gasteiger charge is -2.36. The third-order valence-electron chi connectivity index (χ3n) is 4.26. The van der Waals surface area contributed by atoms with Crippen LogP contribution in [0.1, 0.15) is 45.4 Å². The van der Waals surface area contributed by atoms with Gasteiger partial charge < -0.3 is 10.2 Å². The maximum absolute atomic E-state index is 11.4. The molecule has 3 nitrogen and oxygen atoms in total. The molecule has 3 heteroatoms. The molecule has 0 radical (unpaired) electrons. The number of hydrogen-bond acceptors (Lipinski definition) is 2. The van der Waals surface area contributed by atoms with E-state index < -0.39 is 0 Å². The number of fused-ring (bicyclic) bond motifs is 2. The van der Waals surface area contributed by atoms with Crippen LogP contribution in [-0.2, 0) is 4.79 Å². The lowest BCUT2D eigenvalue weighted by atomic mass is 9.91. The van der Waals surface area contributed by atoms with Gasteiger partial charge >= 0.3 is 0 Å². The fourth-order valence-corrected chi connectivity index (χ4v) is 3.26. The van der Waals surface area contributed by atoms with E-state index in [1.807, 2.05) is 0 Å². The number of piperidine rings is 1. The highest BCUT2D eigenvalue weighted by atomic mass is 16.1. The van der Waals surface area contributed by atoms with Crippen molar-refractivity contribution in [3.05, 3.63) is 0 Å². The van der Waals surface area contributed by atoms with Crippen LogP contribution in [0.3, 0.4) is 0 Å². The van der Waals surface area contributed by atoms with Crippen molar-refractivity contribution in [1.29, 1.82) is 0 Å². The fraction of sp³-hybridized carbons (Fsp3) is 0.923. The van der Waals surface area contributed by atoms with E-state index in [1.165, 1.54) is 25.7 Å². The zero-order chi connectivity index (χ0) is 11.5. The van der Waals surface area contributed by atoms with Crippen molar-refractivity contribution in [2.24, 2.45) is 5.92 Å². The molecule has 0 aliphatic carbocycles. The van der Waals surface area contributed by atoms with Gasteiger partial charge in [0.1, 0.15) is 0 Å². The number of hydrogen-bond donors (Lipinski definition) is 1. The molecule has 0 saturated carbocycles. The molecule has 0 aromatic carbocycles. The Hall–Kier alpha value is -0.570. The van der Waals surface area contributed by atoms with Gasteiger partial charge in [-0.1, -0.05) is 6.92 Å². The highest BCUT2D eigenvalue weighted by molar-refractivity contribution is 5.75. The average molecular weight is 224 g/mol. The van der Waals surface area contributed by atoms with Crippen LogP contribution in [0.4, 0.5) is 0 Å². The summed E-state index contributed by atoms with van der Waals surface area (Å²) in [6.45, 7) is 2.95. The summed E-state index contributed by atoms with van der Waals surface area (Å²) in [5.41, 5.74) is 0. The maximum Gasteiger partial charge on any atom is 0.219 e. The topological polar surface area (TPSA) is 32.3 Å². The monoisotopic (exact) mass is 224 g/mol. The van der Waals surface area contributed by atoms with Gasteiger partial charge in [-0.25, -0.2) is 0 Å². The molecule has 1 amide bonds. The molecule has 2 bridgehead atoms. The van der Waals surface area contributed by atoms with Crippen molar-refractivity contribution >= 4 is 5.91 Å². The van der Waals surface area contributed by atoms with Gasteiger partial charge in [-0.3, -0.25) is 4.79 Å². The van der Waals surface area contributed by atoms with Crippen LogP contribution in [0.25, 0.3) is 0 Å². The molecule has 0 aromatic heterocycles. The van der Waals surface area contributed by atoms with E-state index in [1.54, 1.807) is 0 Å². The number of carbonyl (C=O) groups is 1. The van der Waals surface area contributed by atoms with Gasteiger partial charge in [0.2, 0.25) is 5.91 Å². The molecule has 2 unspecified atom stereocenters. The van der Waals surface area contributed by atoms with Gasteiger partial charge in [-0.05, 0) is 45.1 Å². The molecule has 0 aromatic rings. The van der Waals surface area contributed by atoms with Crippen molar-refractivity contribution in [2.75, 3.05) is 13.6 Å². The summed E-state index contributed by atoms with van der Waals surface area (Å²) in [4.78, 5) is 14.0. The molecule has 2 heterocycles. The first-order chi connectivity index (χ1) is 7.70. The highest BCUT2D eigenvalue weighted by Gasteiger charge is 2.38. The first-order valence-corrected chi connectivity index (χ1v) is 6.69. The van der Waals surface area contributed by atoms with E-state index >= 15 is 0 Å². The Kier molecular flexibility index (Phi) is 3.85. The van der Waals surface area contributed by atoms with Crippen LogP contribution in [0.2, 0.25) is 0 Å². The second kappa shape index (κ2) is 5.17. The van der Waals surface area contributed by atoms with E-state index in [4.69, 9.17) is 0 Å². The molecule has 2 atom stereocenters. The van der Waals surface area contributed by atoms with Crippen LogP contribution in [0.5, 0.6) is 0 Å². The van der Waals surface area contributed by atoms with E-state index in [0.29, 0.717) is 6.42 Å². The quantitative estimate of drug-likeness (QED) is 0.789. The SMILES string of the molecule is CCCC(=O)NCC1CC2CCC(C1)N2C. The van der Waals surface area contributed by atoms with E-state index in [2.05, 4.69) is 24.2 Å². The molecule has 92 valence electrons. The Balaban J connectivity index is 1.74. The summed E-state index contributed by atoms with van der Waals surface area (Å²) < 4.78 is 0. The van der Waals surface area contributed by atoms with Crippen LogP contribution in [0, 0.1) is 5.92 Å². The zero-order valence-corrected chi connectivity index (χ0v) is 10.5. The van der Waals surface area contributed by atoms with Crippen LogP contribution in [0.15, 0.2) is 0 Å². The third kappa shape index (κ3) is 2.57. The van der Waals surface area contributed by atoms with Crippen LogP contribution >= 0.6 is 0 Å². The lowest BCUT2D eigenvalue weighted by molar-refractivity contribution is -0.121. The van der Waals surface area contributed by atoms with E-state index in [9.17, 15) is 4.79 Å². The maximum atomic E-state index is 11.4. The van der Waals surface area contributed by atoms with E-state index in [0.717, 1.165) is 31.0 Å². The van der Waals surface area contributed by atoms with E-state index in [-0.39, 0.29) is 5.91 Å². The molecule has 2 rings (SSSR count). The first kappa shape index (κ1) is 11.9. The summed E-state index contributed by atoms with van der Waals surface area (Å²) in [5.74, 6) is 0.947. The molecule has 16 heavy (non-hydrogen) atoms. The van der Waals surface area contributed by atoms with Gasteiger partial charge in [-0.15, -0.1) is 0 Å². The smallest absolute Gasteiger partial charge is 0.219 e. The number of carbonyl (C=O) groups excluding carboxylic acids is 1. The molecule has 2 saturated heterocycles. The number of amides is 1. The summed E-state index contributed by atoms with van der Waals surface area (Å²) >= 11 is 0.